The minimum Gasteiger partial charge on any atom is -0.477 e. The van der Waals surface area contributed by atoms with Gasteiger partial charge in [0.15, 0.2) is 0 Å². The number of benzene rings is 1. The summed E-state index contributed by atoms with van der Waals surface area (Å²) in [6.07, 6.45) is -5.18. The molecule has 0 amide bonds. The summed E-state index contributed by atoms with van der Waals surface area (Å²) in [5, 5.41) is 10.7. The molecule has 0 aliphatic carbocycles. The Labute approximate surface area is 114 Å². The molecule has 2 aromatic rings. The number of ether oxygens (including phenoxy) is 1. The predicted octanol–water partition coefficient (Wildman–Crippen LogP) is 3.45. The zero-order valence-corrected chi connectivity index (χ0v) is 10.7. The van der Waals surface area contributed by atoms with Crippen LogP contribution in [0, 0.1) is 0 Å². The minimum absolute atomic E-state index is 0.0641. The molecule has 1 N–H and O–H groups in total. The van der Waals surface area contributed by atoms with Crippen LogP contribution in [0.4, 0.5) is 13.2 Å². The summed E-state index contributed by atoms with van der Waals surface area (Å²) in [4.78, 5) is 4.10. The topological polar surface area (TPSA) is 42.4 Å². The molecule has 0 spiro atoms. The van der Waals surface area contributed by atoms with Crippen molar-refractivity contribution < 1.29 is 23.0 Å². The summed E-state index contributed by atoms with van der Waals surface area (Å²) < 4.78 is 41.5. The molecule has 0 saturated heterocycles. The highest BCUT2D eigenvalue weighted by atomic mass is 19.4. The molecule has 1 aromatic heterocycles. The van der Waals surface area contributed by atoms with E-state index in [4.69, 9.17) is 9.84 Å². The Balaban J connectivity index is 2.12. The zero-order valence-electron chi connectivity index (χ0n) is 10.7. The first-order chi connectivity index (χ1) is 9.49. The zero-order chi connectivity index (χ0) is 14.6. The Kier molecular flexibility index (Phi) is 4.44. The predicted molar refractivity (Wildman–Crippen MR) is 68.4 cm³/mol. The lowest BCUT2D eigenvalue weighted by atomic mass is 10.1. The molecule has 0 saturated carbocycles. The van der Waals surface area contributed by atoms with Gasteiger partial charge in [-0.05, 0) is 23.9 Å². The standard InChI is InChI=1S/C14H14F3NO2/c15-14(16,17)6-3-7-20-13-12-5-2-1-4-10(12)8-11(9-19)18-13/h1-2,4-5,8,19H,3,6-7,9H2. The molecule has 2 rings (SSSR count). The van der Waals surface area contributed by atoms with Gasteiger partial charge in [-0.1, -0.05) is 18.2 Å². The van der Waals surface area contributed by atoms with Gasteiger partial charge in [-0.15, -0.1) is 0 Å². The van der Waals surface area contributed by atoms with Gasteiger partial charge in [0.2, 0.25) is 5.88 Å². The first-order valence-corrected chi connectivity index (χ1v) is 6.18. The molecule has 0 unspecified atom stereocenters. The fourth-order valence-electron chi connectivity index (χ4n) is 1.85. The molecule has 6 heteroatoms. The lowest BCUT2D eigenvalue weighted by molar-refractivity contribution is -0.136. The molecule has 1 heterocycles. The van der Waals surface area contributed by atoms with Crippen LogP contribution in [-0.4, -0.2) is 22.9 Å². The van der Waals surface area contributed by atoms with E-state index in [9.17, 15) is 13.2 Å². The number of rotatable bonds is 5. The Morgan fingerprint density at radius 1 is 1.20 bits per heavy atom. The summed E-state index contributed by atoms with van der Waals surface area (Å²) in [7, 11) is 0. The number of nitrogens with zero attached hydrogens (tertiary/aromatic N) is 1. The second-order valence-electron chi connectivity index (χ2n) is 4.37. The monoisotopic (exact) mass is 285 g/mol. The van der Waals surface area contributed by atoms with Crippen LogP contribution in [0.15, 0.2) is 30.3 Å². The number of halogens is 3. The van der Waals surface area contributed by atoms with Crippen molar-refractivity contribution in [1.82, 2.24) is 4.98 Å². The first-order valence-electron chi connectivity index (χ1n) is 6.18. The van der Waals surface area contributed by atoms with E-state index in [0.717, 1.165) is 10.8 Å². The lowest BCUT2D eigenvalue weighted by Crippen LogP contribution is -2.10. The van der Waals surface area contributed by atoms with Gasteiger partial charge in [-0.3, -0.25) is 0 Å². The number of aromatic nitrogens is 1. The Morgan fingerprint density at radius 3 is 2.65 bits per heavy atom. The number of aliphatic hydroxyl groups is 1. The van der Waals surface area contributed by atoms with E-state index in [0.29, 0.717) is 5.69 Å². The molecule has 108 valence electrons. The maximum absolute atomic E-state index is 12.0. The van der Waals surface area contributed by atoms with E-state index in [1.165, 1.54) is 0 Å². The van der Waals surface area contributed by atoms with Crippen LogP contribution >= 0.6 is 0 Å². The van der Waals surface area contributed by atoms with Crippen molar-refractivity contribution in [2.75, 3.05) is 6.61 Å². The number of hydrogen-bond acceptors (Lipinski definition) is 3. The molecule has 1 aromatic carbocycles. The Bertz CT molecular complexity index is 584. The third kappa shape index (κ3) is 3.84. The van der Waals surface area contributed by atoms with E-state index in [2.05, 4.69) is 4.98 Å². The third-order valence-electron chi connectivity index (χ3n) is 2.76. The number of fused-ring (bicyclic) bond motifs is 1. The quantitative estimate of drug-likeness (QED) is 0.856. The van der Waals surface area contributed by atoms with Crippen LogP contribution in [0.2, 0.25) is 0 Å². The highest BCUT2D eigenvalue weighted by molar-refractivity contribution is 5.87. The van der Waals surface area contributed by atoms with Gasteiger partial charge < -0.3 is 9.84 Å². The van der Waals surface area contributed by atoms with Gasteiger partial charge in [0.05, 0.1) is 18.9 Å². The fourth-order valence-corrected chi connectivity index (χ4v) is 1.85. The Hall–Kier alpha value is -1.82. The average Bonchev–Trinajstić information content (AvgIpc) is 2.42. The summed E-state index contributed by atoms with van der Waals surface area (Å²) in [5.74, 6) is 0.259. The SMILES string of the molecule is OCc1cc2ccccc2c(OCCCC(F)(F)F)n1. The van der Waals surface area contributed by atoms with Gasteiger partial charge in [0, 0.05) is 11.8 Å². The van der Waals surface area contributed by atoms with Crippen LogP contribution in [0.3, 0.4) is 0 Å². The van der Waals surface area contributed by atoms with Gasteiger partial charge in [-0.25, -0.2) is 4.98 Å². The van der Waals surface area contributed by atoms with E-state index in [-0.39, 0.29) is 25.5 Å². The lowest BCUT2D eigenvalue weighted by Gasteiger charge is -2.11. The van der Waals surface area contributed by atoms with Crippen LogP contribution in [0.1, 0.15) is 18.5 Å². The second kappa shape index (κ2) is 6.09. The number of alkyl halides is 3. The maximum atomic E-state index is 12.0. The van der Waals surface area contributed by atoms with Crippen molar-refractivity contribution in [1.29, 1.82) is 0 Å². The number of aliphatic hydroxyl groups excluding tert-OH is 1. The molecule has 0 atom stereocenters. The van der Waals surface area contributed by atoms with Gasteiger partial charge in [-0.2, -0.15) is 13.2 Å². The van der Waals surface area contributed by atoms with Gasteiger partial charge in [0.25, 0.3) is 0 Å². The molecule has 0 aliphatic heterocycles. The van der Waals surface area contributed by atoms with Crippen molar-refractivity contribution in [2.24, 2.45) is 0 Å². The van der Waals surface area contributed by atoms with Crippen molar-refractivity contribution in [3.63, 3.8) is 0 Å². The van der Waals surface area contributed by atoms with Crippen molar-refractivity contribution in [3.05, 3.63) is 36.0 Å². The maximum Gasteiger partial charge on any atom is 0.389 e. The van der Waals surface area contributed by atoms with Crippen LogP contribution < -0.4 is 4.74 Å². The van der Waals surface area contributed by atoms with E-state index in [1.54, 1.807) is 18.2 Å². The van der Waals surface area contributed by atoms with Gasteiger partial charge >= 0.3 is 6.18 Å². The second-order valence-corrected chi connectivity index (χ2v) is 4.37. The molecule has 20 heavy (non-hydrogen) atoms. The largest absolute Gasteiger partial charge is 0.477 e. The first kappa shape index (κ1) is 14.6. The summed E-state index contributed by atoms with van der Waals surface area (Å²) in [6.45, 7) is -0.310. The van der Waals surface area contributed by atoms with E-state index < -0.39 is 12.6 Å². The van der Waals surface area contributed by atoms with Crippen molar-refractivity contribution >= 4 is 10.8 Å². The Morgan fingerprint density at radius 2 is 1.95 bits per heavy atom. The molecular weight excluding hydrogens is 271 g/mol. The molecule has 0 fully saturated rings. The summed E-state index contributed by atoms with van der Waals surface area (Å²) >= 11 is 0. The summed E-state index contributed by atoms with van der Waals surface area (Å²) in [6, 6.07) is 8.96. The highest BCUT2D eigenvalue weighted by Gasteiger charge is 2.26. The van der Waals surface area contributed by atoms with Crippen LogP contribution in [0.5, 0.6) is 5.88 Å². The molecule has 3 nitrogen and oxygen atoms in total. The molecular formula is C14H14F3NO2. The van der Waals surface area contributed by atoms with Crippen molar-refractivity contribution in [3.8, 4) is 5.88 Å². The average molecular weight is 285 g/mol. The number of hydrogen-bond donors (Lipinski definition) is 1. The van der Waals surface area contributed by atoms with Gasteiger partial charge in [0.1, 0.15) is 0 Å². The van der Waals surface area contributed by atoms with E-state index in [1.807, 2.05) is 12.1 Å². The third-order valence-corrected chi connectivity index (χ3v) is 2.76. The fraction of sp³-hybridized carbons (Fsp3) is 0.357. The van der Waals surface area contributed by atoms with Crippen molar-refractivity contribution in [2.45, 2.75) is 25.6 Å². The van der Waals surface area contributed by atoms with E-state index >= 15 is 0 Å². The molecule has 0 bridgehead atoms. The molecule has 0 aliphatic rings. The normalized spacial score (nSPS) is 11.8. The number of pyridine rings is 1. The van der Waals surface area contributed by atoms with Crippen LogP contribution in [0.25, 0.3) is 10.8 Å². The highest BCUT2D eigenvalue weighted by Crippen LogP contribution is 2.26. The molecule has 0 radical (unpaired) electrons. The summed E-state index contributed by atoms with van der Waals surface area (Å²) in [5.41, 5.74) is 0.425. The minimum atomic E-state index is -4.17. The smallest absolute Gasteiger partial charge is 0.389 e. The van der Waals surface area contributed by atoms with Crippen LogP contribution in [-0.2, 0) is 6.61 Å².